The number of hydrogen-bond donors (Lipinski definition) is 3. The summed E-state index contributed by atoms with van der Waals surface area (Å²) in [5.41, 5.74) is 11.6. The molecule has 0 saturated carbocycles. The van der Waals surface area contributed by atoms with Crippen molar-refractivity contribution in [3.8, 4) is 0 Å². The van der Waals surface area contributed by atoms with Gasteiger partial charge in [-0.25, -0.2) is 16.8 Å². The molecule has 0 saturated heterocycles. The largest absolute Gasteiger partial charge is 0.322 e. The highest BCUT2D eigenvalue weighted by atomic mass is 35.7. The second kappa shape index (κ2) is 20.6. The first-order chi connectivity index (χ1) is 27.0. The molecule has 6 rings (SSSR count). The summed E-state index contributed by atoms with van der Waals surface area (Å²) in [5.74, 6) is -0.166. The topological polar surface area (TPSA) is 168 Å². The summed E-state index contributed by atoms with van der Waals surface area (Å²) in [6.07, 6.45) is 8.41. The second-order valence-corrected chi connectivity index (χ2v) is 19.0. The van der Waals surface area contributed by atoms with E-state index in [-0.39, 0.29) is 23.3 Å². The van der Waals surface area contributed by atoms with Gasteiger partial charge < -0.3 is 16.0 Å². The molecule has 0 atom stereocenters. The van der Waals surface area contributed by atoms with Gasteiger partial charge in [-0.1, -0.05) is 42.3 Å². The predicted molar refractivity (Wildman–Crippen MR) is 230 cm³/mol. The lowest BCUT2D eigenvalue weighted by Gasteiger charge is -2.29. The minimum absolute atomic E-state index is 0.00849. The van der Waals surface area contributed by atoms with Crippen LogP contribution in [-0.4, -0.2) is 80.6 Å². The fraction of sp³-hybridized carbons (Fsp3) is 0.333. The van der Waals surface area contributed by atoms with Crippen LogP contribution >= 0.6 is 10.7 Å². The predicted octanol–water partition coefficient (Wildman–Crippen LogP) is 7.46. The van der Waals surface area contributed by atoms with Gasteiger partial charge in [-0.05, 0) is 124 Å². The molecule has 2 aliphatic rings. The lowest BCUT2D eigenvalue weighted by Crippen LogP contribution is -2.37. The van der Waals surface area contributed by atoms with Crippen LogP contribution in [0.3, 0.4) is 0 Å². The third-order valence-corrected chi connectivity index (χ3v) is 12.9. The molecule has 2 aromatic carbocycles. The first kappa shape index (κ1) is 45.0. The average molecular weight is 835 g/mol. The highest BCUT2D eigenvalue weighted by Crippen LogP contribution is 2.29. The van der Waals surface area contributed by atoms with Gasteiger partial charge in [0, 0.05) is 77.6 Å². The van der Waals surface area contributed by atoms with Crippen molar-refractivity contribution in [2.24, 2.45) is 0 Å². The van der Waals surface area contributed by atoms with Crippen molar-refractivity contribution in [2.75, 3.05) is 48.3 Å². The van der Waals surface area contributed by atoms with E-state index in [4.69, 9.17) is 0 Å². The molecule has 304 valence electrons. The highest BCUT2D eigenvalue weighted by Gasteiger charge is 2.26. The van der Waals surface area contributed by atoms with E-state index in [1.54, 1.807) is 48.1 Å². The van der Waals surface area contributed by atoms with Crippen molar-refractivity contribution in [1.82, 2.24) is 19.6 Å². The number of amides is 2. The molecule has 0 radical (unpaired) electrons. The Labute approximate surface area is 341 Å². The fourth-order valence-electron chi connectivity index (χ4n) is 6.09. The number of halogens is 1. The number of anilines is 2. The van der Waals surface area contributed by atoms with Gasteiger partial charge in [0.15, 0.2) is 0 Å². The summed E-state index contributed by atoms with van der Waals surface area (Å²) in [4.78, 5) is 32.8. The second-order valence-electron chi connectivity index (χ2n) is 13.7. The van der Waals surface area contributed by atoms with E-state index in [1.165, 1.54) is 29.2 Å². The van der Waals surface area contributed by atoms with Gasteiger partial charge in [0.25, 0.3) is 11.8 Å². The molecule has 3 N–H and O–H groups in total. The van der Waals surface area contributed by atoms with Gasteiger partial charge >= 0.3 is 0 Å². The highest BCUT2D eigenvalue weighted by molar-refractivity contribution is 8.13. The van der Waals surface area contributed by atoms with Crippen LogP contribution in [0, 0.1) is 13.8 Å². The van der Waals surface area contributed by atoms with Crippen molar-refractivity contribution >= 4 is 64.1 Å². The number of aromatic nitrogens is 2. The molecule has 15 heteroatoms. The zero-order chi connectivity index (χ0) is 41.8. The van der Waals surface area contributed by atoms with E-state index >= 15 is 0 Å². The molecule has 2 amide bonds. The Morgan fingerprint density at radius 2 is 1.16 bits per heavy atom. The van der Waals surface area contributed by atoms with Gasteiger partial charge in [-0.2, -0.15) is 4.31 Å². The molecule has 0 aliphatic carbocycles. The Bertz CT molecular complexity index is 2330. The summed E-state index contributed by atoms with van der Waals surface area (Å²) < 4.78 is 45.5. The van der Waals surface area contributed by atoms with Gasteiger partial charge in [-0.3, -0.25) is 19.6 Å². The molecule has 2 aliphatic heterocycles. The molecule has 0 fully saturated rings. The zero-order valence-corrected chi connectivity index (χ0v) is 35.6. The Morgan fingerprint density at radius 1 is 0.702 bits per heavy atom. The van der Waals surface area contributed by atoms with Crippen molar-refractivity contribution in [3.05, 3.63) is 130 Å². The average Bonchev–Trinajstić information content (AvgIpc) is 3.19. The molecule has 4 heterocycles. The fourth-order valence-corrected chi connectivity index (χ4v) is 7.15. The number of nitrogens with zero attached hydrogens (tertiary/aromatic N) is 3. The Morgan fingerprint density at radius 3 is 1.58 bits per heavy atom. The molecular formula is C42H51ClN6O6S2. The summed E-state index contributed by atoms with van der Waals surface area (Å²) >= 11 is 0. The number of benzene rings is 2. The number of carbonyl (C=O) groups is 2. The number of carbonyl (C=O) groups excluding carboxylic acids is 2. The first-order valence-corrected chi connectivity index (χ1v) is 22.7. The lowest BCUT2D eigenvalue weighted by atomic mass is 9.96. The van der Waals surface area contributed by atoms with E-state index in [9.17, 15) is 26.4 Å². The van der Waals surface area contributed by atoms with E-state index in [2.05, 4.69) is 55.7 Å². The van der Waals surface area contributed by atoms with Crippen LogP contribution in [-0.2, 0) is 19.1 Å². The SMILES string of the molecule is CC1=C(c2ccc(NC(=O)c3ccncc3C)cc2)CNCC1.CCS(=O)(=O)Cl.CCS(=O)(=O)N1CCC(C)=C(c2ccc(NC(=O)c3ccncc3C)cc2)C1. The normalized spacial score (nSPS) is 14.8. The third kappa shape index (κ3) is 13.2. The van der Waals surface area contributed by atoms with Crippen LogP contribution in [0.5, 0.6) is 0 Å². The van der Waals surface area contributed by atoms with Crippen LogP contribution in [0.25, 0.3) is 11.1 Å². The number of aryl methyl sites for hydroxylation is 2. The number of nitrogens with one attached hydrogen (secondary N) is 3. The first-order valence-electron chi connectivity index (χ1n) is 18.7. The van der Waals surface area contributed by atoms with Crippen molar-refractivity contribution < 1.29 is 26.4 Å². The van der Waals surface area contributed by atoms with Gasteiger partial charge in [0.1, 0.15) is 0 Å². The number of hydrogen-bond acceptors (Lipinski definition) is 9. The van der Waals surface area contributed by atoms with Gasteiger partial charge in [0.2, 0.25) is 19.1 Å². The van der Waals surface area contributed by atoms with Crippen molar-refractivity contribution in [1.29, 1.82) is 0 Å². The Hall–Kier alpha value is -4.73. The Kier molecular flexibility index (Phi) is 16.3. The van der Waals surface area contributed by atoms with Gasteiger partial charge in [0.05, 0.1) is 11.5 Å². The van der Waals surface area contributed by atoms with E-state index < -0.39 is 19.1 Å². The van der Waals surface area contributed by atoms with E-state index in [0.717, 1.165) is 53.9 Å². The van der Waals surface area contributed by atoms with Crippen molar-refractivity contribution in [3.63, 3.8) is 0 Å². The number of pyridine rings is 2. The molecule has 12 nitrogen and oxygen atoms in total. The summed E-state index contributed by atoms with van der Waals surface area (Å²) in [6.45, 7) is 14.0. The molecular weight excluding hydrogens is 784 g/mol. The Balaban J connectivity index is 0.000000224. The smallest absolute Gasteiger partial charge is 0.256 e. The molecule has 0 spiro atoms. The summed E-state index contributed by atoms with van der Waals surface area (Å²) in [6, 6.07) is 19.0. The van der Waals surface area contributed by atoms with Crippen molar-refractivity contribution in [2.45, 2.75) is 54.4 Å². The summed E-state index contributed by atoms with van der Waals surface area (Å²) in [5, 5.41) is 9.24. The lowest BCUT2D eigenvalue weighted by molar-refractivity contribution is 0.101. The number of sulfonamides is 1. The quantitative estimate of drug-likeness (QED) is 0.145. The molecule has 2 aromatic heterocycles. The monoisotopic (exact) mass is 834 g/mol. The maximum Gasteiger partial charge on any atom is 0.256 e. The van der Waals surface area contributed by atoms with E-state index in [1.807, 2.05) is 57.2 Å². The third-order valence-electron chi connectivity index (χ3n) is 9.69. The van der Waals surface area contributed by atoms with Crippen LogP contribution in [0.15, 0.2) is 96.6 Å². The van der Waals surface area contributed by atoms with Gasteiger partial charge in [-0.15, -0.1) is 0 Å². The van der Waals surface area contributed by atoms with Crippen LogP contribution in [0.2, 0.25) is 0 Å². The summed E-state index contributed by atoms with van der Waals surface area (Å²) in [7, 11) is -1.71. The molecule has 0 bridgehead atoms. The maximum absolute atomic E-state index is 12.4. The zero-order valence-electron chi connectivity index (χ0n) is 33.2. The standard InChI is InChI=1S/C21H25N3O3S.C19H21N3O.C2H5ClO2S/c1-4-28(26,27)24-12-10-15(2)20(14-24)17-5-7-18(8-6-17)23-21(25)19-9-11-22-13-16(19)3;1-13-7-9-21-12-18(13)15-3-5-16(6-4-15)22-19(23)17-8-10-20-11-14(17)2;1-2-6(3,4)5/h5-9,11,13H,4,10,12,14H2,1-3H3,(H,23,25);3-6,8,10-11,21H,7,9,12H2,1-2H3,(H,22,23);2H2,1H3. The minimum atomic E-state index is -3.21. The minimum Gasteiger partial charge on any atom is -0.322 e. The van der Waals surface area contributed by atoms with E-state index in [0.29, 0.717) is 29.9 Å². The van der Waals surface area contributed by atoms with Crippen LogP contribution < -0.4 is 16.0 Å². The maximum atomic E-state index is 12.4. The molecule has 0 unspecified atom stereocenters. The van der Waals surface area contributed by atoms with Crippen LogP contribution in [0.4, 0.5) is 11.4 Å². The van der Waals surface area contributed by atoms with Crippen LogP contribution in [0.1, 0.15) is 83.5 Å². The molecule has 57 heavy (non-hydrogen) atoms. The number of rotatable bonds is 9. The molecule has 4 aromatic rings.